The van der Waals surface area contributed by atoms with Gasteiger partial charge < -0.3 is 10.2 Å². The van der Waals surface area contributed by atoms with Crippen LogP contribution in [0.3, 0.4) is 0 Å². The number of aliphatic hydroxyl groups is 2. The van der Waals surface area contributed by atoms with Gasteiger partial charge in [0.05, 0.1) is 0 Å². The summed E-state index contributed by atoms with van der Waals surface area (Å²) >= 11 is 0. The first-order valence-corrected chi connectivity index (χ1v) is 4.37. The molecule has 0 aromatic heterocycles. The Morgan fingerprint density at radius 2 is 2.00 bits per heavy atom. The van der Waals surface area contributed by atoms with E-state index in [2.05, 4.69) is 13.8 Å². The zero-order valence-corrected chi connectivity index (χ0v) is 7.38. The average molecular weight is 158 g/mol. The van der Waals surface area contributed by atoms with Crippen LogP contribution in [0.25, 0.3) is 0 Å². The third-order valence-corrected chi connectivity index (χ3v) is 3.57. The van der Waals surface area contributed by atoms with Crippen molar-refractivity contribution in [1.82, 2.24) is 0 Å². The van der Waals surface area contributed by atoms with Gasteiger partial charge in [-0.15, -0.1) is 0 Å². The monoisotopic (exact) mass is 158 g/mol. The lowest BCUT2D eigenvalue weighted by atomic mass is 9.75. The van der Waals surface area contributed by atoms with Gasteiger partial charge in [-0.05, 0) is 30.1 Å². The van der Waals surface area contributed by atoms with Gasteiger partial charge in [-0.2, -0.15) is 0 Å². The minimum atomic E-state index is -0.0330. The highest BCUT2D eigenvalue weighted by atomic mass is 16.3. The number of hydrogen-bond donors (Lipinski definition) is 2. The Morgan fingerprint density at radius 1 is 1.36 bits per heavy atom. The topological polar surface area (TPSA) is 40.5 Å². The molecule has 66 valence electrons. The summed E-state index contributed by atoms with van der Waals surface area (Å²) in [7, 11) is 0. The van der Waals surface area contributed by atoms with Crippen molar-refractivity contribution in [2.45, 2.75) is 26.7 Å². The Balaban J connectivity index is 2.70. The Kier molecular flexibility index (Phi) is 2.55. The zero-order chi connectivity index (χ0) is 8.48. The highest BCUT2D eigenvalue weighted by Crippen LogP contribution is 2.46. The maximum Gasteiger partial charge on any atom is 0.0490 e. The smallest absolute Gasteiger partial charge is 0.0490 e. The highest BCUT2D eigenvalue weighted by molar-refractivity contribution is 4.92. The van der Waals surface area contributed by atoms with E-state index in [0.717, 1.165) is 12.8 Å². The van der Waals surface area contributed by atoms with Gasteiger partial charge in [0.15, 0.2) is 0 Å². The van der Waals surface area contributed by atoms with Crippen LogP contribution in [-0.2, 0) is 0 Å². The molecule has 0 spiro atoms. The molecular weight excluding hydrogens is 140 g/mol. The molecule has 2 heteroatoms. The quantitative estimate of drug-likeness (QED) is 0.630. The maximum absolute atomic E-state index is 9.19. The molecule has 1 fully saturated rings. The van der Waals surface area contributed by atoms with Gasteiger partial charge in [-0.3, -0.25) is 0 Å². The van der Waals surface area contributed by atoms with Crippen LogP contribution in [0.5, 0.6) is 0 Å². The molecule has 0 radical (unpaired) electrons. The standard InChI is InChI=1S/C9H18O2/c1-7-3-4-8(5-10)9(7,2)6-11/h7-8,10-11H,3-6H2,1-2H3/t7-,8-,9-/m1/s1. The molecule has 0 heterocycles. The molecule has 1 rings (SSSR count). The lowest BCUT2D eigenvalue weighted by Gasteiger charge is -2.32. The molecule has 0 aromatic rings. The van der Waals surface area contributed by atoms with Gasteiger partial charge in [-0.25, -0.2) is 0 Å². The van der Waals surface area contributed by atoms with Crippen LogP contribution in [0.4, 0.5) is 0 Å². The van der Waals surface area contributed by atoms with Crippen molar-refractivity contribution < 1.29 is 10.2 Å². The van der Waals surface area contributed by atoms with Crippen LogP contribution in [0, 0.1) is 17.3 Å². The fourth-order valence-electron chi connectivity index (χ4n) is 2.10. The summed E-state index contributed by atoms with van der Waals surface area (Å²) in [5.41, 5.74) is -0.0330. The van der Waals surface area contributed by atoms with Crippen molar-refractivity contribution in [3.05, 3.63) is 0 Å². The van der Waals surface area contributed by atoms with Crippen molar-refractivity contribution in [1.29, 1.82) is 0 Å². The van der Waals surface area contributed by atoms with E-state index in [9.17, 15) is 5.11 Å². The van der Waals surface area contributed by atoms with Gasteiger partial charge in [0.25, 0.3) is 0 Å². The van der Waals surface area contributed by atoms with Crippen LogP contribution in [0.1, 0.15) is 26.7 Å². The second-order valence-corrected chi connectivity index (χ2v) is 4.02. The van der Waals surface area contributed by atoms with Crippen LogP contribution in [0.2, 0.25) is 0 Å². The molecular formula is C9H18O2. The zero-order valence-electron chi connectivity index (χ0n) is 7.38. The van der Waals surface area contributed by atoms with E-state index >= 15 is 0 Å². The molecule has 3 atom stereocenters. The van der Waals surface area contributed by atoms with E-state index in [4.69, 9.17) is 5.11 Å². The molecule has 1 aliphatic rings. The van der Waals surface area contributed by atoms with Crippen LogP contribution in [0.15, 0.2) is 0 Å². The van der Waals surface area contributed by atoms with Crippen molar-refractivity contribution in [2.75, 3.05) is 13.2 Å². The summed E-state index contributed by atoms with van der Waals surface area (Å²) in [5, 5.41) is 18.2. The molecule has 2 nitrogen and oxygen atoms in total. The van der Waals surface area contributed by atoms with E-state index in [1.807, 2.05) is 0 Å². The Bertz CT molecular complexity index is 136. The lowest BCUT2D eigenvalue weighted by Crippen LogP contribution is -2.33. The summed E-state index contributed by atoms with van der Waals surface area (Å²) in [4.78, 5) is 0. The van der Waals surface area contributed by atoms with Crippen molar-refractivity contribution in [3.63, 3.8) is 0 Å². The number of aliphatic hydroxyl groups excluding tert-OH is 2. The van der Waals surface area contributed by atoms with Crippen LogP contribution < -0.4 is 0 Å². The summed E-state index contributed by atoms with van der Waals surface area (Å²) < 4.78 is 0. The molecule has 0 aromatic carbocycles. The third-order valence-electron chi connectivity index (χ3n) is 3.57. The maximum atomic E-state index is 9.19. The normalized spacial score (nSPS) is 44.7. The van der Waals surface area contributed by atoms with Crippen molar-refractivity contribution in [2.24, 2.45) is 17.3 Å². The Hall–Kier alpha value is -0.0800. The van der Waals surface area contributed by atoms with E-state index in [0.29, 0.717) is 11.8 Å². The fourth-order valence-corrected chi connectivity index (χ4v) is 2.10. The molecule has 2 N–H and O–H groups in total. The molecule has 1 saturated carbocycles. The van der Waals surface area contributed by atoms with Crippen LogP contribution in [-0.4, -0.2) is 23.4 Å². The summed E-state index contributed by atoms with van der Waals surface area (Å²) in [6, 6.07) is 0. The Labute approximate surface area is 68.2 Å². The summed E-state index contributed by atoms with van der Waals surface area (Å²) in [6.45, 7) is 4.66. The molecule has 0 bridgehead atoms. The minimum absolute atomic E-state index is 0.0330. The van der Waals surface area contributed by atoms with E-state index < -0.39 is 0 Å². The lowest BCUT2D eigenvalue weighted by molar-refractivity contribution is 0.0382. The predicted molar refractivity (Wildman–Crippen MR) is 44.2 cm³/mol. The SMILES string of the molecule is C[C@@H]1CC[C@H](CO)[C@]1(C)CO. The largest absolute Gasteiger partial charge is 0.396 e. The highest BCUT2D eigenvalue weighted by Gasteiger charge is 2.43. The second kappa shape index (κ2) is 3.11. The van der Waals surface area contributed by atoms with E-state index in [1.165, 1.54) is 0 Å². The Morgan fingerprint density at radius 3 is 2.36 bits per heavy atom. The minimum Gasteiger partial charge on any atom is -0.396 e. The molecule has 0 amide bonds. The van der Waals surface area contributed by atoms with Crippen molar-refractivity contribution in [3.8, 4) is 0 Å². The van der Waals surface area contributed by atoms with Crippen molar-refractivity contribution >= 4 is 0 Å². The first kappa shape index (κ1) is 9.01. The van der Waals surface area contributed by atoms with Gasteiger partial charge in [0, 0.05) is 13.2 Å². The third kappa shape index (κ3) is 1.30. The average Bonchev–Trinajstić information content (AvgIpc) is 2.30. The fraction of sp³-hybridized carbons (Fsp3) is 1.00. The van der Waals surface area contributed by atoms with Gasteiger partial charge in [0.1, 0.15) is 0 Å². The second-order valence-electron chi connectivity index (χ2n) is 4.02. The summed E-state index contributed by atoms with van der Waals surface area (Å²) in [6.07, 6.45) is 2.21. The van der Waals surface area contributed by atoms with Gasteiger partial charge in [0.2, 0.25) is 0 Å². The van der Waals surface area contributed by atoms with Crippen LogP contribution >= 0.6 is 0 Å². The number of hydrogen-bond acceptors (Lipinski definition) is 2. The molecule has 11 heavy (non-hydrogen) atoms. The predicted octanol–water partition coefficient (Wildman–Crippen LogP) is 1.02. The van der Waals surface area contributed by atoms with Gasteiger partial charge in [-0.1, -0.05) is 13.8 Å². The molecule has 0 aliphatic heterocycles. The number of rotatable bonds is 2. The van der Waals surface area contributed by atoms with E-state index in [-0.39, 0.29) is 18.6 Å². The first-order chi connectivity index (χ1) is 5.15. The van der Waals surface area contributed by atoms with E-state index in [1.54, 1.807) is 0 Å². The van der Waals surface area contributed by atoms with Gasteiger partial charge >= 0.3 is 0 Å². The molecule has 1 aliphatic carbocycles. The molecule has 0 saturated heterocycles. The first-order valence-electron chi connectivity index (χ1n) is 4.37. The summed E-state index contributed by atoms with van der Waals surface area (Å²) in [5.74, 6) is 0.854. The molecule has 0 unspecified atom stereocenters.